The largest absolute Gasteiger partial charge is 0.325 e. The molecule has 1 aliphatic heterocycles. The summed E-state index contributed by atoms with van der Waals surface area (Å²) >= 11 is 5.58. The van der Waals surface area contributed by atoms with Crippen molar-refractivity contribution in [1.82, 2.24) is 4.90 Å². The number of anilines is 1. The molecule has 1 aromatic carbocycles. The van der Waals surface area contributed by atoms with Crippen LogP contribution < -0.4 is 10.5 Å². The number of carbonyl (C=O) groups excluding carboxylic acids is 1. The molecule has 22 heavy (non-hydrogen) atoms. The molecule has 0 saturated carbocycles. The Labute approximate surface area is 133 Å². The van der Waals surface area contributed by atoms with Crippen LogP contribution in [0.25, 0.3) is 0 Å². The minimum atomic E-state index is -3.49. The second-order valence-corrected chi connectivity index (χ2v) is 7.39. The van der Waals surface area contributed by atoms with E-state index in [9.17, 15) is 17.6 Å². The lowest BCUT2D eigenvalue weighted by Gasteiger charge is -2.31. The minimum Gasteiger partial charge on any atom is -0.325 e. The van der Waals surface area contributed by atoms with Crippen molar-refractivity contribution in [3.63, 3.8) is 0 Å². The van der Waals surface area contributed by atoms with E-state index in [1.807, 2.05) is 0 Å². The molecule has 1 heterocycles. The summed E-state index contributed by atoms with van der Waals surface area (Å²) in [5.41, 5.74) is 0.318. The molecule has 2 rings (SSSR count). The summed E-state index contributed by atoms with van der Waals surface area (Å²) in [4.78, 5) is 13.6. The van der Waals surface area contributed by atoms with Crippen molar-refractivity contribution in [3.8, 4) is 0 Å². The SMILES string of the molecule is NS(=O)(=O)CC1CCN(C(=O)Nc2ccc(Cl)c(F)c2)CC1. The van der Waals surface area contributed by atoms with E-state index in [-0.39, 0.29) is 22.7 Å². The number of rotatable bonds is 3. The number of amides is 2. The van der Waals surface area contributed by atoms with Crippen molar-refractivity contribution in [2.75, 3.05) is 24.2 Å². The second kappa shape index (κ2) is 6.80. The van der Waals surface area contributed by atoms with Crippen LogP contribution in [0.4, 0.5) is 14.9 Å². The van der Waals surface area contributed by atoms with Gasteiger partial charge in [-0.2, -0.15) is 0 Å². The molecule has 0 spiro atoms. The predicted molar refractivity (Wildman–Crippen MR) is 82.7 cm³/mol. The molecule has 1 saturated heterocycles. The first-order valence-electron chi connectivity index (χ1n) is 6.76. The molecule has 6 nitrogen and oxygen atoms in total. The van der Waals surface area contributed by atoms with E-state index in [1.54, 1.807) is 4.90 Å². The maximum Gasteiger partial charge on any atom is 0.321 e. The molecule has 1 aliphatic rings. The van der Waals surface area contributed by atoms with Gasteiger partial charge in [0.1, 0.15) is 5.82 Å². The van der Waals surface area contributed by atoms with Gasteiger partial charge < -0.3 is 10.2 Å². The van der Waals surface area contributed by atoms with Crippen molar-refractivity contribution in [2.24, 2.45) is 11.1 Å². The maximum atomic E-state index is 13.3. The first-order chi connectivity index (χ1) is 10.2. The van der Waals surface area contributed by atoms with Crippen LogP contribution in [0.1, 0.15) is 12.8 Å². The number of carbonyl (C=O) groups is 1. The highest BCUT2D eigenvalue weighted by Crippen LogP contribution is 2.21. The van der Waals surface area contributed by atoms with Gasteiger partial charge in [0.25, 0.3) is 0 Å². The van der Waals surface area contributed by atoms with Crippen LogP contribution in [0.15, 0.2) is 18.2 Å². The summed E-state index contributed by atoms with van der Waals surface area (Å²) < 4.78 is 35.4. The molecule has 0 bridgehead atoms. The quantitative estimate of drug-likeness (QED) is 0.874. The summed E-state index contributed by atoms with van der Waals surface area (Å²) in [6.07, 6.45) is 1.14. The highest BCUT2D eigenvalue weighted by Gasteiger charge is 2.25. The number of sulfonamides is 1. The Morgan fingerprint density at radius 2 is 2.05 bits per heavy atom. The molecule has 0 aliphatic carbocycles. The zero-order chi connectivity index (χ0) is 16.3. The van der Waals surface area contributed by atoms with E-state index < -0.39 is 15.8 Å². The molecule has 0 unspecified atom stereocenters. The smallest absolute Gasteiger partial charge is 0.321 e. The molecule has 2 amide bonds. The van der Waals surface area contributed by atoms with Crippen LogP contribution in [0.3, 0.4) is 0 Å². The molecule has 0 atom stereocenters. The molecule has 3 N–H and O–H groups in total. The highest BCUT2D eigenvalue weighted by atomic mass is 35.5. The zero-order valence-electron chi connectivity index (χ0n) is 11.8. The fourth-order valence-electron chi connectivity index (χ4n) is 2.41. The molecular weight excluding hydrogens is 333 g/mol. The Morgan fingerprint density at radius 1 is 1.41 bits per heavy atom. The zero-order valence-corrected chi connectivity index (χ0v) is 13.3. The van der Waals surface area contributed by atoms with Gasteiger partial charge in [0.15, 0.2) is 0 Å². The predicted octanol–water partition coefficient (Wildman–Crippen LogP) is 2.01. The van der Waals surface area contributed by atoms with Gasteiger partial charge in [-0.15, -0.1) is 0 Å². The number of halogens is 2. The number of benzene rings is 1. The van der Waals surface area contributed by atoms with Gasteiger partial charge in [-0.25, -0.2) is 22.7 Å². The molecular formula is C13H17ClFN3O3S. The first-order valence-corrected chi connectivity index (χ1v) is 8.85. The Hall–Kier alpha value is -1.38. The van der Waals surface area contributed by atoms with Gasteiger partial charge in [0.05, 0.1) is 10.8 Å². The number of primary sulfonamides is 1. The standard InChI is InChI=1S/C13H17ClFN3O3S/c14-11-2-1-10(7-12(11)15)17-13(19)18-5-3-9(4-6-18)8-22(16,20)21/h1-2,7,9H,3-6,8H2,(H,17,19)(H2,16,20,21). The molecule has 0 aromatic heterocycles. The molecule has 9 heteroatoms. The summed E-state index contributed by atoms with van der Waals surface area (Å²) in [5, 5.41) is 7.60. The third-order valence-corrected chi connectivity index (χ3v) is 4.78. The van der Waals surface area contributed by atoms with Crippen molar-refractivity contribution in [3.05, 3.63) is 29.0 Å². The van der Waals surface area contributed by atoms with Gasteiger partial charge in [-0.1, -0.05) is 11.6 Å². The van der Waals surface area contributed by atoms with Crippen LogP contribution in [0, 0.1) is 11.7 Å². The van der Waals surface area contributed by atoms with Crippen molar-refractivity contribution in [1.29, 1.82) is 0 Å². The van der Waals surface area contributed by atoms with Crippen LogP contribution in [-0.2, 0) is 10.0 Å². The minimum absolute atomic E-state index is 0.0122. The fourth-order valence-corrected chi connectivity index (χ4v) is 3.52. The van der Waals surface area contributed by atoms with Gasteiger partial charge in [-0.05, 0) is 37.0 Å². The number of piperidine rings is 1. The normalized spacial score (nSPS) is 16.6. The fraction of sp³-hybridized carbons (Fsp3) is 0.462. The third kappa shape index (κ3) is 4.82. The van der Waals surface area contributed by atoms with Gasteiger partial charge in [0, 0.05) is 18.8 Å². The lowest BCUT2D eigenvalue weighted by Crippen LogP contribution is -2.42. The monoisotopic (exact) mass is 349 g/mol. The Bertz CT molecular complexity index is 660. The molecule has 1 aromatic rings. The van der Waals surface area contributed by atoms with Crippen LogP contribution >= 0.6 is 11.6 Å². The highest BCUT2D eigenvalue weighted by molar-refractivity contribution is 7.89. The summed E-state index contributed by atoms with van der Waals surface area (Å²) in [5.74, 6) is -0.705. The number of urea groups is 1. The summed E-state index contributed by atoms with van der Waals surface area (Å²) in [7, 11) is -3.49. The molecule has 1 fully saturated rings. The number of hydrogen-bond acceptors (Lipinski definition) is 3. The summed E-state index contributed by atoms with van der Waals surface area (Å²) in [6, 6.07) is 3.67. The Kier molecular flexibility index (Phi) is 5.25. The topological polar surface area (TPSA) is 92.5 Å². The average molecular weight is 350 g/mol. The first kappa shape index (κ1) is 17.0. The van der Waals surface area contributed by atoms with Crippen LogP contribution in [-0.4, -0.2) is 38.2 Å². The molecule has 0 radical (unpaired) electrons. The average Bonchev–Trinajstić information content (AvgIpc) is 2.42. The second-order valence-electron chi connectivity index (χ2n) is 5.32. The third-order valence-electron chi connectivity index (χ3n) is 3.54. The van der Waals surface area contributed by atoms with E-state index in [2.05, 4.69) is 5.32 Å². The number of likely N-dealkylation sites (tertiary alicyclic amines) is 1. The Balaban J connectivity index is 1.88. The van der Waals surface area contributed by atoms with E-state index >= 15 is 0 Å². The van der Waals surface area contributed by atoms with Crippen molar-refractivity contribution < 1.29 is 17.6 Å². The van der Waals surface area contributed by atoms with E-state index in [1.165, 1.54) is 12.1 Å². The van der Waals surface area contributed by atoms with Crippen molar-refractivity contribution in [2.45, 2.75) is 12.8 Å². The van der Waals surface area contributed by atoms with Gasteiger partial charge in [0.2, 0.25) is 10.0 Å². The number of nitrogens with two attached hydrogens (primary N) is 1. The lowest BCUT2D eigenvalue weighted by molar-refractivity contribution is 0.187. The maximum absolute atomic E-state index is 13.3. The van der Waals surface area contributed by atoms with Gasteiger partial charge in [-0.3, -0.25) is 0 Å². The number of hydrogen-bond donors (Lipinski definition) is 2. The lowest BCUT2D eigenvalue weighted by atomic mass is 9.99. The van der Waals surface area contributed by atoms with E-state index in [0.717, 1.165) is 6.07 Å². The number of nitrogens with one attached hydrogen (secondary N) is 1. The van der Waals surface area contributed by atoms with Crippen LogP contribution in [0.2, 0.25) is 5.02 Å². The molecule has 122 valence electrons. The summed E-state index contributed by atoms with van der Waals surface area (Å²) in [6.45, 7) is 0.865. The Morgan fingerprint density at radius 3 is 2.59 bits per heavy atom. The van der Waals surface area contributed by atoms with E-state index in [4.69, 9.17) is 16.7 Å². The van der Waals surface area contributed by atoms with E-state index in [0.29, 0.717) is 31.6 Å². The van der Waals surface area contributed by atoms with Crippen molar-refractivity contribution >= 4 is 33.3 Å². The number of nitrogens with zero attached hydrogens (tertiary/aromatic N) is 1. The van der Waals surface area contributed by atoms with Gasteiger partial charge >= 0.3 is 6.03 Å². The van der Waals surface area contributed by atoms with Crippen LogP contribution in [0.5, 0.6) is 0 Å².